The maximum atomic E-state index is 13.3. The van der Waals surface area contributed by atoms with E-state index in [2.05, 4.69) is 5.10 Å². The fraction of sp³-hybridized carbons (Fsp3) is 0.321. The first-order valence-electron chi connectivity index (χ1n) is 12.1. The highest BCUT2D eigenvalue weighted by molar-refractivity contribution is 6.46. The monoisotopic (exact) mass is 488 g/mol. The van der Waals surface area contributed by atoms with Crippen LogP contribution in [0.3, 0.4) is 0 Å². The molecule has 1 amide bonds. The molecule has 1 aliphatic heterocycles. The predicted molar refractivity (Wildman–Crippen MR) is 138 cm³/mol. The van der Waals surface area contributed by atoms with Gasteiger partial charge in [0.05, 0.1) is 41.4 Å². The molecular weight excluding hydrogens is 456 g/mol. The summed E-state index contributed by atoms with van der Waals surface area (Å²) < 4.78 is 7.51. The van der Waals surface area contributed by atoms with Crippen LogP contribution in [0.1, 0.15) is 36.2 Å². The molecule has 1 aromatic heterocycles. The number of ether oxygens (including phenoxy) is 1. The molecule has 1 aliphatic rings. The second kappa shape index (κ2) is 10.8. The molecule has 1 fully saturated rings. The molecule has 188 valence electrons. The van der Waals surface area contributed by atoms with E-state index in [0.717, 1.165) is 12.1 Å². The first kappa shape index (κ1) is 25.2. The smallest absolute Gasteiger partial charge is 0.295 e. The van der Waals surface area contributed by atoms with E-state index in [4.69, 9.17) is 4.74 Å². The van der Waals surface area contributed by atoms with Crippen LogP contribution >= 0.6 is 0 Å². The Balaban J connectivity index is 1.83. The minimum absolute atomic E-state index is 0.0575. The van der Waals surface area contributed by atoms with Crippen molar-refractivity contribution in [3.05, 3.63) is 83.2 Å². The van der Waals surface area contributed by atoms with Crippen molar-refractivity contribution in [3.63, 3.8) is 0 Å². The van der Waals surface area contributed by atoms with Crippen LogP contribution in [-0.2, 0) is 9.59 Å². The van der Waals surface area contributed by atoms with E-state index in [9.17, 15) is 14.7 Å². The summed E-state index contributed by atoms with van der Waals surface area (Å²) in [7, 11) is 3.82. The summed E-state index contributed by atoms with van der Waals surface area (Å²) in [4.78, 5) is 30.0. The Hall–Kier alpha value is -3.91. The highest BCUT2D eigenvalue weighted by Gasteiger charge is 2.46. The molecule has 1 atom stereocenters. The van der Waals surface area contributed by atoms with E-state index in [1.54, 1.807) is 4.68 Å². The minimum Gasteiger partial charge on any atom is -0.507 e. The van der Waals surface area contributed by atoms with Crippen LogP contribution < -0.4 is 4.74 Å². The molecule has 0 bridgehead atoms. The van der Waals surface area contributed by atoms with Crippen LogP contribution in [0.4, 0.5) is 0 Å². The van der Waals surface area contributed by atoms with E-state index in [0.29, 0.717) is 42.3 Å². The quantitative estimate of drug-likeness (QED) is 0.279. The molecule has 3 aromatic rings. The number of aliphatic hydroxyl groups excluding tert-OH is 1. The molecule has 36 heavy (non-hydrogen) atoms. The fourth-order valence-electron chi connectivity index (χ4n) is 4.38. The molecule has 2 heterocycles. The summed E-state index contributed by atoms with van der Waals surface area (Å²) in [6.07, 6.45) is 2.39. The number of Topliss-reactive ketones (excluding diaryl/α,β-unsaturated/α-hetero) is 1. The highest BCUT2D eigenvalue weighted by atomic mass is 16.5. The van der Waals surface area contributed by atoms with Gasteiger partial charge >= 0.3 is 0 Å². The van der Waals surface area contributed by atoms with Crippen LogP contribution in [0.2, 0.25) is 0 Å². The Morgan fingerprint density at radius 2 is 1.86 bits per heavy atom. The standard InChI is InChI=1S/C28H32N4O4/c1-5-16-36-22-13-9-10-20(17-22)25-24(27(34)28(35)31(25)15-14-30(3)4)26(33)23-18-29-32(19(23)2)21-11-7-6-8-12-21/h6-13,17-18,25,33H,5,14-16H2,1-4H3. The number of para-hydroxylation sites is 1. The molecule has 0 saturated carbocycles. The molecule has 1 saturated heterocycles. The molecular formula is C28H32N4O4. The van der Waals surface area contributed by atoms with Crippen LogP contribution in [-0.4, -0.2) is 70.2 Å². The van der Waals surface area contributed by atoms with Gasteiger partial charge in [0.25, 0.3) is 11.7 Å². The molecule has 8 heteroatoms. The maximum absolute atomic E-state index is 13.3. The van der Waals surface area contributed by atoms with Gasteiger partial charge in [-0.2, -0.15) is 5.10 Å². The Bertz CT molecular complexity index is 1280. The van der Waals surface area contributed by atoms with Crippen molar-refractivity contribution in [1.29, 1.82) is 0 Å². The lowest BCUT2D eigenvalue weighted by atomic mass is 9.95. The average molecular weight is 489 g/mol. The SMILES string of the molecule is CCCOc1cccc(C2C(=C(O)c3cnn(-c4ccccc4)c3C)C(=O)C(=O)N2CCN(C)C)c1. The van der Waals surface area contributed by atoms with Crippen molar-refractivity contribution in [2.24, 2.45) is 0 Å². The van der Waals surface area contributed by atoms with Gasteiger partial charge in [0.1, 0.15) is 11.5 Å². The largest absolute Gasteiger partial charge is 0.507 e. The van der Waals surface area contributed by atoms with Crippen molar-refractivity contribution in [1.82, 2.24) is 19.6 Å². The van der Waals surface area contributed by atoms with Crippen molar-refractivity contribution >= 4 is 17.4 Å². The maximum Gasteiger partial charge on any atom is 0.295 e. The Kier molecular flexibility index (Phi) is 7.55. The number of aromatic nitrogens is 2. The minimum atomic E-state index is -0.741. The third-order valence-corrected chi connectivity index (χ3v) is 6.24. The average Bonchev–Trinajstić information content (AvgIpc) is 3.38. The summed E-state index contributed by atoms with van der Waals surface area (Å²) in [5.74, 6) is -0.912. The molecule has 0 spiro atoms. The number of nitrogens with zero attached hydrogens (tertiary/aromatic N) is 4. The molecule has 8 nitrogen and oxygen atoms in total. The highest BCUT2D eigenvalue weighted by Crippen LogP contribution is 2.40. The van der Waals surface area contributed by atoms with Gasteiger partial charge in [-0.15, -0.1) is 0 Å². The molecule has 0 radical (unpaired) electrons. The van der Waals surface area contributed by atoms with Crippen LogP contribution in [0.15, 0.2) is 66.4 Å². The number of hydrogen-bond donors (Lipinski definition) is 1. The zero-order valence-corrected chi connectivity index (χ0v) is 21.1. The first-order chi connectivity index (χ1) is 17.3. The van der Waals surface area contributed by atoms with E-state index in [1.165, 1.54) is 11.1 Å². The van der Waals surface area contributed by atoms with Gasteiger partial charge in [0.15, 0.2) is 0 Å². The summed E-state index contributed by atoms with van der Waals surface area (Å²) in [6, 6.07) is 16.2. The zero-order valence-electron chi connectivity index (χ0n) is 21.1. The second-order valence-corrected chi connectivity index (χ2v) is 9.11. The number of likely N-dealkylation sites (tertiary alicyclic amines) is 1. The van der Waals surface area contributed by atoms with Gasteiger partial charge in [0.2, 0.25) is 0 Å². The van der Waals surface area contributed by atoms with Crippen molar-refractivity contribution in [2.75, 3.05) is 33.8 Å². The Labute approximate surface area is 211 Å². The number of carbonyl (C=O) groups is 2. The number of amides is 1. The molecule has 0 aliphatic carbocycles. The van der Waals surface area contributed by atoms with Crippen molar-refractivity contribution in [2.45, 2.75) is 26.3 Å². The van der Waals surface area contributed by atoms with Crippen molar-refractivity contribution < 1.29 is 19.4 Å². The first-order valence-corrected chi connectivity index (χ1v) is 12.1. The third-order valence-electron chi connectivity index (χ3n) is 6.24. The lowest BCUT2D eigenvalue weighted by Crippen LogP contribution is -2.35. The third kappa shape index (κ3) is 4.90. The van der Waals surface area contributed by atoms with Crippen LogP contribution in [0, 0.1) is 6.92 Å². The van der Waals surface area contributed by atoms with E-state index in [1.807, 2.05) is 87.4 Å². The van der Waals surface area contributed by atoms with Gasteiger partial charge in [-0.3, -0.25) is 9.59 Å². The lowest BCUT2D eigenvalue weighted by Gasteiger charge is -2.26. The van der Waals surface area contributed by atoms with Crippen LogP contribution in [0.25, 0.3) is 11.4 Å². The normalized spacial score (nSPS) is 17.2. The predicted octanol–water partition coefficient (Wildman–Crippen LogP) is 3.95. The summed E-state index contributed by atoms with van der Waals surface area (Å²) in [5.41, 5.74) is 2.67. The fourth-order valence-corrected chi connectivity index (χ4v) is 4.38. The number of rotatable bonds is 9. The van der Waals surface area contributed by atoms with Gasteiger partial charge in [-0.1, -0.05) is 37.3 Å². The Morgan fingerprint density at radius 1 is 1.11 bits per heavy atom. The number of likely N-dealkylation sites (N-methyl/N-ethyl adjacent to an activating group) is 1. The second-order valence-electron chi connectivity index (χ2n) is 9.11. The number of benzene rings is 2. The van der Waals surface area contributed by atoms with E-state index < -0.39 is 17.7 Å². The van der Waals surface area contributed by atoms with Crippen molar-refractivity contribution in [3.8, 4) is 11.4 Å². The topological polar surface area (TPSA) is 87.9 Å². The number of carbonyl (C=O) groups excluding carboxylic acids is 2. The summed E-state index contributed by atoms with van der Waals surface area (Å²) >= 11 is 0. The number of ketones is 1. The van der Waals surface area contributed by atoms with Gasteiger partial charge in [-0.25, -0.2) is 4.68 Å². The summed E-state index contributed by atoms with van der Waals surface area (Å²) in [6.45, 7) is 5.31. The van der Waals surface area contributed by atoms with Crippen LogP contribution in [0.5, 0.6) is 5.75 Å². The molecule has 1 unspecified atom stereocenters. The lowest BCUT2D eigenvalue weighted by molar-refractivity contribution is -0.140. The van der Waals surface area contributed by atoms with Gasteiger partial charge < -0.3 is 19.6 Å². The molecule has 2 aromatic carbocycles. The Morgan fingerprint density at radius 3 is 2.56 bits per heavy atom. The summed E-state index contributed by atoms with van der Waals surface area (Å²) in [5, 5.41) is 15.9. The molecule has 1 N–H and O–H groups in total. The number of hydrogen-bond acceptors (Lipinski definition) is 6. The van der Waals surface area contributed by atoms with Gasteiger partial charge in [-0.05, 0) is 57.3 Å². The zero-order chi connectivity index (χ0) is 25.8. The van der Waals surface area contributed by atoms with Gasteiger partial charge in [0, 0.05) is 13.1 Å². The number of aliphatic hydroxyl groups is 1. The van der Waals surface area contributed by atoms with E-state index in [-0.39, 0.29) is 11.3 Å². The molecule has 4 rings (SSSR count). The van der Waals surface area contributed by atoms with E-state index >= 15 is 0 Å².